The Morgan fingerprint density at radius 1 is 1.06 bits per heavy atom. The van der Waals surface area contributed by atoms with Gasteiger partial charge in [-0.15, -0.1) is 0 Å². The molecule has 1 heteroatoms. The predicted molar refractivity (Wildman–Crippen MR) is 71.3 cm³/mol. The van der Waals surface area contributed by atoms with Gasteiger partial charge in [0.05, 0.1) is 5.69 Å². The number of pyridine rings is 1. The van der Waals surface area contributed by atoms with Crippen LogP contribution in [0.5, 0.6) is 0 Å². The lowest BCUT2D eigenvalue weighted by Crippen LogP contribution is -1.79. The molecule has 0 bridgehead atoms. The highest BCUT2D eigenvalue weighted by Gasteiger charge is 1.88. The second kappa shape index (κ2) is 9.14. The van der Waals surface area contributed by atoms with Gasteiger partial charge in [0.1, 0.15) is 0 Å². The van der Waals surface area contributed by atoms with Crippen LogP contribution >= 0.6 is 0 Å². The molecule has 0 atom stereocenters. The average molecular weight is 217 g/mol. The number of aromatic nitrogens is 1. The van der Waals surface area contributed by atoms with Crippen molar-refractivity contribution in [1.29, 1.82) is 0 Å². The van der Waals surface area contributed by atoms with Gasteiger partial charge in [-0.2, -0.15) is 0 Å². The van der Waals surface area contributed by atoms with Crippen molar-refractivity contribution < 1.29 is 0 Å². The van der Waals surface area contributed by atoms with Crippen molar-refractivity contribution in [3.8, 4) is 0 Å². The van der Waals surface area contributed by atoms with Gasteiger partial charge in [-0.1, -0.05) is 51.2 Å². The highest BCUT2D eigenvalue weighted by atomic mass is 14.6. The van der Waals surface area contributed by atoms with Gasteiger partial charge in [0.2, 0.25) is 0 Å². The lowest BCUT2D eigenvalue weighted by Gasteiger charge is -1.97. The Morgan fingerprint density at radius 2 is 1.88 bits per heavy atom. The lowest BCUT2D eigenvalue weighted by molar-refractivity contribution is 0.611. The maximum Gasteiger partial charge on any atom is 0.0626 e. The topological polar surface area (TPSA) is 12.9 Å². The Bertz CT molecular complexity index is 277. The first-order valence-corrected chi connectivity index (χ1v) is 6.51. The summed E-state index contributed by atoms with van der Waals surface area (Å²) >= 11 is 0. The molecule has 1 aromatic heterocycles. The molecule has 1 rings (SSSR count). The fourth-order valence-corrected chi connectivity index (χ4v) is 1.72. The van der Waals surface area contributed by atoms with Crippen LogP contribution in [-0.2, 0) is 0 Å². The molecule has 0 aliphatic rings. The fourth-order valence-electron chi connectivity index (χ4n) is 1.72. The molecule has 0 aliphatic carbocycles. The first-order chi connectivity index (χ1) is 7.93. The van der Waals surface area contributed by atoms with Crippen molar-refractivity contribution in [3.05, 3.63) is 36.2 Å². The molecule has 0 N–H and O–H groups in total. The van der Waals surface area contributed by atoms with Crippen molar-refractivity contribution >= 4 is 6.08 Å². The zero-order chi connectivity index (χ0) is 11.5. The average Bonchev–Trinajstić information content (AvgIpc) is 2.34. The van der Waals surface area contributed by atoms with Crippen LogP contribution in [-0.4, -0.2) is 4.98 Å². The molecular weight excluding hydrogens is 194 g/mol. The second-order valence-corrected chi connectivity index (χ2v) is 4.21. The van der Waals surface area contributed by atoms with E-state index in [2.05, 4.69) is 24.1 Å². The van der Waals surface area contributed by atoms with Crippen LogP contribution in [0.4, 0.5) is 0 Å². The highest BCUT2D eigenvalue weighted by Crippen LogP contribution is 2.08. The van der Waals surface area contributed by atoms with E-state index >= 15 is 0 Å². The van der Waals surface area contributed by atoms with E-state index in [4.69, 9.17) is 0 Å². The van der Waals surface area contributed by atoms with Crippen molar-refractivity contribution in [2.75, 3.05) is 0 Å². The molecule has 1 nitrogen and oxygen atoms in total. The summed E-state index contributed by atoms with van der Waals surface area (Å²) < 4.78 is 0. The maximum atomic E-state index is 4.25. The molecular formula is C15H23N. The normalized spacial score (nSPS) is 11.1. The molecule has 0 amide bonds. The van der Waals surface area contributed by atoms with Crippen LogP contribution in [0.1, 0.15) is 57.6 Å². The summed E-state index contributed by atoms with van der Waals surface area (Å²) in [6, 6.07) is 6.01. The van der Waals surface area contributed by atoms with E-state index in [0.29, 0.717) is 0 Å². The van der Waals surface area contributed by atoms with Gasteiger partial charge in [0.15, 0.2) is 0 Å². The van der Waals surface area contributed by atoms with Gasteiger partial charge < -0.3 is 0 Å². The second-order valence-electron chi connectivity index (χ2n) is 4.21. The zero-order valence-electron chi connectivity index (χ0n) is 10.4. The van der Waals surface area contributed by atoms with E-state index < -0.39 is 0 Å². The number of rotatable bonds is 8. The molecule has 0 saturated heterocycles. The Kier molecular flexibility index (Phi) is 7.40. The van der Waals surface area contributed by atoms with Crippen LogP contribution < -0.4 is 0 Å². The molecule has 16 heavy (non-hydrogen) atoms. The van der Waals surface area contributed by atoms with Crippen molar-refractivity contribution in [1.82, 2.24) is 4.98 Å². The third-order valence-corrected chi connectivity index (χ3v) is 2.70. The summed E-state index contributed by atoms with van der Waals surface area (Å²) in [6.45, 7) is 2.26. The summed E-state index contributed by atoms with van der Waals surface area (Å²) in [5, 5.41) is 0. The Labute approximate surface area is 99.6 Å². The predicted octanol–water partition coefficient (Wildman–Crippen LogP) is 4.85. The molecule has 0 aliphatic heterocycles. The summed E-state index contributed by atoms with van der Waals surface area (Å²) in [7, 11) is 0. The Morgan fingerprint density at radius 3 is 2.62 bits per heavy atom. The first-order valence-electron chi connectivity index (χ1n) is 6.51. The van der Waals surface area contributed by atoms with E-state index in [0.717, 1.165) is 5.69 Å². The molecule has 0 spiro atoms. The molecule has 0 unspecified atom stereocenters. The third kappa shape index (κ3) is 6.39. The largest absolute Gasteiger partial charge is 0.257 e. The molecule has 0 fully saturated rings. The van der Waals surface area contributed by atoms with E-state index in [1.807, 2.05) is 24.4 Å². The molecule has 0 aromatic carbocycles. The number of hydrogen-bond donors (Lipinski definition) is 0. The van der Waals surface area contributed by atoms with Gasteiger partial charge in [-0.05, 0) is 31.1 Å². The summed E-state index contributed by atoms with van der Waals surface area (Å²) in [5.74, 6) is 0. The van der Waals surface area contributed by atoms with Crippen molar-refractivity contribution in [3.63, 3.8) is 0 Å². The van der Waals surface area contributed by atoms with Crippen molar-refractivity contribution in [2.45, 2.75) is 51.9 Å². The minimum atomic E-state index is 1.06. The van der Waals surface area contributed by atoms with E-state index in [1.165, 1.54) is 44.9 Å². The van der Waals surface area contributed by atoms with Gasteiger partial charge >= 0.3 is 0 Å². The van der Waals surface area contributed by atoms with Crippen molar-refractivity contribution in [2.24, 2.45) is 0 Å². The molecule has 1 heterocycles. The first kappa shape index (κ1) is 13.0. The quantitative estimate of drug-likeness (QED) is 0.567. The zero-order valence-corrected chi connectivity index (χ0v) is 10.4. The van der Waals surface area contributed by atoms with Crippen LogP contribution in [0.15, 0.2) is 30.5 Å². The van der Waals surface area contributed by atoms with Gasteiger partial charge in [-0.3, -0.25) is 4.98 Å². The minimum Gasteiger partial charge on any atom is -0.257 e. The standard InChI is InChI=1S/C15H23N/c1-2-3-4-5-6-7-8-9-12-15-13-10-11-14-16-15/h9-14H,2-8H2,1H3. The van der Waals surface area contributed by atoms with Crippen LogP contribution in [0, 0.1) is 0 Å². The molecule has 1 aromatic rings. The smallest absolute Gasteiger partial charge is 0.0626 e. The van der Waals surface area contributed by atoms with Gasteiger partial charge in [0.25, 0.3) is 0 Å². The number of allylic oxidation sites excluding steroid dienone is 1. The summed E-state index contributed by atoms with van der Waals surface area (Å²) in [4.78, 5) is 4.25. The molecule has 0 radical (unpaired) electrons. The molecule has 0 saturated carbocycles. The monoisotopic (exact) mass is 217 g/mol. The van der Waals surface area contributed by atoms with Crippen LogP contribution in [0.2, 0.25) is 0 Å². The highest BCUT2D eigenvalue weighted by molar-refractivity contribution is 5.43. The Hall–Kier alpha value is -1.11. The van der Waals surface area contributed by atoms with E-state index in [1.54, 1.807) is 0 Å². The van der Waals surface area contributed by atoms with Crippen LogP contribution in [0.25, 0.3) is 6.08 Å². The Balaban J connectivity index is 2.01. The van der Waals surface area contributed by atoms with Gasteiger partial charge in [0, 0.05) is 6.20 Å². The summed E-state index contributed by atoms with van der Waals surface area (Å²) in [5.41, 5.74) is 1.06. The number of nitrogens with zero attached hydrogens (tertiary/aromatic N) is 1. The van der Waals surface area contributed by atoms with E-state index in [-0.39, 0.29) is 0 Å². The third-order valence-electron chi connectivity index (χ3n) is 2.70. The minimum absolute atomic E-state index is 1.06. The van der Waals surface area contributed by atoms with Gasteiger partial charge in [-0.25, -0.2) is 0 Å². The van der Waals surface area contributed by atoms with E-state index in [9.17, 15) is 0 Å². The number of hydrogen-bond acceptors (Lipinski definition) is 1. The SMILES string of the molecule is CCCCCCCCC=Cc1ccccn1. The van der Waals surface area contributed by atoms with Crippen LogP contribution in [0.3, 0.4) is 0 Å². The lowest BCUT2D eigenvalue weighted by atomic mass is 10.1. The summed E-state index contributed by atoms with van der Waals surface area (Å²) in [6.07, 6.45) is 15.6. The molecule has 88 valence electrons. The number of unbranched alkanes of at least 4 members (excludes halogenated alkanes) is 6. The fraction of sp³-hybridized carbons (Fsp3) is 0.533. The maximum absolute atomic E-state index is 4.25.